The van der Waals surface area contributed by atoms with Crippen LogP contribution in [0.3, 0.4) is 0 Å². The Morgan fingerprint density at radius 3 is 2.82 bits per heavy atom. The molecule has 0 aliphatic heterocycles. The zero-order chi connectivity index (χ0) is 12.3. The third kappa shape index (κ3) is 3.56. The lowest BCUT2D eigenvalue weighted by atomic mass is 9.98. The molecule has 1 fully saturated rings. The van der Waals surface area contributed by atoms with Gasteiger partial charge in [0.05, 0.1) is 0 Å². The van der Waals surface area contributed by atoms with E-state index in [1.165, 1.54) is 37.8 Å². The van der Waals surface area contributed by atoms with Crippen molar-refractivity contribution in [2.45, 2.75) is 52.5 Å². The Kier molecular flexibility index (Phi) is 4.26. The number of nitrogens with one attached hydrogen (secondary N) is 1. The summed E-state index contributed by atoms with van der Waals surface area (Å²) in [6.45, 7) is 8.23. The van der Waals surface area contributed by atoms with Crippen LogP contribution >= 0.6 is 11.3 Å². The van der Waals surface area contributed by atoms with E-state index in [2.05, 4.69) is 42.9 Å². The number of thiophene rings is 1. The van der Waals surface area contributed by atoms with Crippen LogP contribution in [0.2, 0.25) is 0 Å². The molecule has 0 saturated heterocycles. The summed E-state index contributed by atoms with van der Waals surface area (Å²) < 4.78 is 0. The summed E-state index contributed by atoms with van der Waals surface area (Å²) in [5.41, 5.74) is 2.09. The largest absolute Gasteiger partial charge is 0.314 e. The molecular weight excluding hydrogens is 226 g/mol. The first-order valence-electron chi connectivity index (χ1n) is 6.88. The smallest absolute Gasteiger partial charge is 0.0104 e. The maximum absolute atomic E-state index is 3.75. The van der Waals surface area contributed by atoms with Crippen LogP contribution in [-0.2, 0) is 6.42 Å². The van der Waals surface area contributed by atoms with Gasteiger partial charge in [-0.05, 0) is 66.0 Å². The molecule has 0 spiro atoms. The topological polar surface area (TPSA) is 12.0 Å². The van der Waals surface area contributed by atoms with Crippen molar-refractivity contribution in [1.29, 1.82) is 0 Å². The fraction of sp³-hybridized carbons (Fsp3) is 0.733. The van der Waals surface area contributed by atoms with Gasteiger partial charge in [0.25, 0.3) is 0 Å². The molecule has 2 atom stereocenters. The van der Waals surface area contributed by atoms with Gasteiger partial charge in [0.2, 0.25) is 0 Å². The van der Waals surface area contributed by atoms with Crippen LogP contribution in [0.25, 0.3) is 0 Å². The SMILES string of the molecule is CCCNC(CCc1ccsc1)C1CC1(C)C. The molecule has 2 rings (SSSR count). The summed E-state index contributed by atoms with van der Waals surface area (Å²) >= 11 is 1.81. The summed E-state index contributed by atoms with van der Waals surface area (Å²) in [5.74, 6) is 0.896. The number of hydrogen-bond acceptors (Lipinski definition) is 2. The molecule has 96 valence electrons. The molecule has 1 heterocycles. The molecule has 1 saturated carbocycles. The molecule has 1 aromatic heterocycles. The van der Waals surface area contributed by atoms with E-state index in [1.54, 1.807) is 0 Å². The molecule has 1 N–H and O–H groups in total. The zero-order valence-electron chi connectivity index (χ0n) is 11.3. The van der Waals surface area contributed by atoms with Crippen LogP contribution in [-0.4, -0.2) is 12.6 Å². The molecule has 1 aliphatic rings. The Bertz CT molecular complexity index is 329. The van der Waals surface area contributed by atoms with Gasteiger partial charge in [-0.15, -0.1) is 0 Å². The molecule has 2 unspecified atom stereocenters. The monoisotopic (exact) mass is 251 g/mol. The van der Waals surface area contributed by atoms with Gasteiger partial charge in [0.1, 0.15) is 0 Å². The van der Waals surface area contributed by atoms with E-state index in [9.17, 15) is 0 Å². The van der Waals surface area contributed by atoms with E-state index >= 15 is 0 Å². The standard InChI is InChI=1S/C15H25NS/c1-4-8-16-14(13-10-15(13,2)3)6-5-12-7-9-17-11-12/h7,9,11,13-14,16H,4-6,8,10H2,1-3H3. The van der Waals surface area contributed by atoms with Crippen molar-refractivity contribution in [2.24, 2.45) is 11.3 Å². The average Bonchev–Trinajstić information content (AvgIpc) is 2.74. The average molecular weight is 251 g/mol. The highest BCUT2D eigenvalue weighted by atomic mass is 32.1. The first-order chi connectivity index (χ1) is 8.13. The summed E-state index contributed by atoms with van der Waals surface area (Å²) in [5, 5.41) is 8.22. The van der Waals surface area contributed by atoms with Crippen LogP contribution in [0.4, 0.5) is 0 Å². The van der Waals surface area contributed by atoms with E-state index in [0.717, 1.165) is 12.0 Å². The highest BCUT2D eigenvalue weighted by Crippen LogP contribution is 2.54. The van der Waals surface area contributed by atoms with Gasteiger partial charge in [0, 0.05) is 6.04 Å². The van der Waals surface area contributed by atoms with Gasteiger partial charge in [-0.25, -0.2) is 0 Å². The van der Waals surface area contributed by atoms with Crippen molar-refractivity contribution in [2.75, 3.05) is 6.54 Å². The quantitative estimate of drug-likeness (QED) is 0.769. The number of rotatable bonds is 7. The minimum absolute atomic E-state index is 0.583. The van der Waals surface area contributed by atoms with Crippen LogP contribution in [0, 0.1) is 11.3 Å². The molecule has 0 aromatic carbocycles. The molecule has 0 amide bonds. The van der Waals surface area contributed by atoms with Crippen LogP contribution < -0.4 is 5.32 Å². The molecule has 1 nitrogen and oxygen atoms in total. The number of hydrogen-bond donors (Lipinski definition) is 1. The van der Waals surface area contributed by atoms with E-state index < -0.39 is 0 Å². The Labute approximate surface area is 110 Å². The molecule has 1 aromatic rings. The highest BCUT2D eigenvalue weighted by molar-refractivity contribution is 7.07. The van der Waals surface area contributed by atoms with E-state index in [0.29, 0.717) is 5.41 Å². The summed E-state index contributed by atoms with van der Waals surface area (Å²) in [6.07, 6.45) is 5.17. The molecule has 2 heteroatoms. The predicted molar refractivity (Wildman–Crippen MR) is 76.6 cm³/mol. The molecule has 0 radical (unpaired) electrons. The lowest BCUT2D eigenvalue weighted by Gasteiger charge is -2.20. The van der Waals surface area contributed by atoms with E-state index in [1.807, 2.05) is 11.3 Å². The highest BCUT2D eigenvalue weighted by Gasteiger charge is 2.49. The van der Waals surface area contributed by atoms with Crippen molar-refractivity contribution in [3.8, 4) is 0 Å². The van der Waals surface area contributed by atoms with Crippen molar-refractivity contribution in [1.82, 2.24) is 5.32 Å². The molecule has 0 bridgehead atoms. The van der Waals surface area contributed by atoms with Crippen molar-refractivity contribution in [3.63, 3.8) is 0 Å². The maximum atomic E-state index is 3.75. The molecular formula is C15H25NS. The van der Waals surface area contributed by atoms with Crippen molar-refractivity contribution in [3.05, 3.63) is 22.4 Å². The predicted octanol–water partition coefficient (Wildman–Crippen LogP) is 4.10. The Morgan fingerprint density at radius 2 is 2.29 bits per heavy atom. The minimum Gasteiger partial charge on any atom is -0.314 e. The van der Waals surface area contributed by atoms with Crippen LogP contribution in [0.15, 0.2) is 16.8 Å². The Balaban J connectivity index is 1.83. The summed E-state index contributed by atoms with van der Waals surface area (Å²) in [4.78, 5) is 0. The second-order valence-corrected chi connectivity index (χ2v) is 6.81. The normalized spacial score (nSPS) is 23.6. The van der Waals surface area contributed by atoms with E-state index in [-0.39, 0.29) is 0 Å². The fourth-order valence-electron chi connectivity index (χ4n) is 2.73. The lowest BCUT2D eigenvalue weighted by Crippen LogP contribution is -2.33. The van der Waals surface area contributed by atoms with Gasteiger partial charge in [-0.2, -0.15) is 11.3 Å². The summed E-state index contributed by atoms with van der Waals surface area (Å²) in [7, 11) is 0. The second kappa shape index (κ2) is 5.53. The number of aryl methyl sites for hydroxylation is 1. The van der Waals surface area contributed by atoms with Gasteiger partial charge in [-0.3, -0.25) is 0 Å². The lowest BCUT2D eigenvalue weighted by molar-refractivity contribution is 0.385. The fourth-order valence-corrected chi connectivity index (χ4v) is 3.43. The van der Waals surface area contributed by atoms with Crippen molar-refractivity contribution < 1.29 is 0 Å². The maximum Gasteiger partial charge on any atom is 0.0104 e. The second-order valence-electron chi connectivity index (χ2n) is 6.03. The summed E-state index contributed by atoms with van der Waals surface area (Å²) in [6, 6.07) is 2.99. The minimum atomic E-state index is 0.583. The zero-order valence-corrected chi connectivity index (χ0v) is 12.1. The first kappa shape index (κ1) is 13.1. The first-order valence-corrected chi connectivity index (χ1v) is 7.82. The Morgan fingerprint density at radius 1 is 1.53 bits per heavy atom. The van der Waals surface area contributed by atoms with Crippen molar-refractivity contribution >= 4 is 11.3 Å². The van der Waals surface area contributed by atoms with Gasteiger partial charge >= 0.3 is 0 Å². The molecule has 17 heavy (non-hydrogen) atoms. The molecule has 1 aliphatic carbocycles. The van der Waals surface area contributed by atoms with Gasteiger partial charge in [-0.1, -0.05) is 20.8 Å². The van der Waals surface area contributed by atoms with Gasteiger partial charge < -0.3 is 5.32 Å². The van der Waals surface area contributed by atoms with Crippen LogP contribution in [0.5, 0.6) is 0 Å². The third-order valence-corrected chi connectivity index (χ3v) is 4.79. The van der Waals surface area contributed by atoms with E-state index in [4.69, 9.17) is 0 Å². The Hall–Kier alpha value is -0.340. The van der Waals surface area contributed by atoms with Crippen LogP contribution in [0.1, 0.15) is 45.6 Å². The third-order valence-electron chi connectivity index (χ3n) is 4.06. The van der Waals surface area contributed by atoms with Gasteiger partial charge in [0.15, 0.2) is 0 Å².